The van der Waals surface area contributed by atoms with Crippen molar-refractivity contribution in [3.63, 3.8) is 0 Å². The number of nitrogens with zero attached hydrogens (tertiary/aromatic N) is 1. The molecule has 9 nitrogen and oxygen atoms in total. The Hall–Kier alpha value is -1.65. The van der Waals surface area contributed by atoms with Crippen molar-refractivity contribution in [2.24, 2.45) is 0 Å². The Morgan fingerprint density at radius 2 is 1.42 bits per heavy atom. The van der Waals surface area contributed by atoms with E-state index in [0.29, 0.717) is 23.2 Å². The van der Waals surface area contributed by atoms with Crippen molar-refractivity contribution < 1.29 is 43.7 Å². The maximum atomic E-state index is 11.0. The van der Waals surface area contributed by atoms with Gasteiger partial charge in [-0.25, -0.2) is 0 Å². The van der Waals surface area contributed by atoms with Crippen LogP contribution in [0.3, 0.4) is 0 Å². The second-order valence-corrected chi connectivity index (χ2v) is 5.49. The summed E-state index contributed by atoms with van der Waals surface area (Å²) < 4.78 is 5.55. The van der Waals surface area contributed by atoms with Crippen molar-refractivity contribution in [3.05, 3.63) is 12.2 Å². The smallest absolute Gasteiger partial charge is 0.550 e. The molecule has 132 valence electrons. The standard InChI is InChI=1S/C10H19NO4.C4H4O4.Mg/c1-5-10(14)15-8(6-9(12)13)7-11(2,3)4;5-3(6)1-2-4(7)8;/h8H,5-7H2,1-4H3;1-2H,(H,5,6)(H,7,8);/q;;+2/p-2/t8-;;/m1../s1. The van der Waals surface area contributed by atoms with Crippen LogP contribution in [0.25, 0.3) is 0 Å². The third-order valence-electron chi connectivity index (χ3n) is 2.09. The summed E-state index contributed by atoms with van der Waals surface area (Å²) in [4.78, 5) is 40.3. The van der Waals surface area contributed by atoms with Crippen LogP contribution in [-0.4, -0.2) is 85.2 Å². The molecule has 0 N–H and O–H groups in total. The maximum absolute atomic E-state index is 11.0. The van der Waals surface area contributed by atoms with E-state index in [4.69, 9.17) is 4.74 Å². The third kappa shape index (κ3) is 22.6. The van der Waals surface area contributed by atoms with Gasteiger partial charge in [0.15, 0.2) is 6.10 Å². The molecule has 0 radical (unpaired) electrons. The van der Waals surface area contributed by atoms with Crippen LogP contribution in [0.2, 0.25) is 0 Å². The Bertz CT molecular complexity index is 440. The fourth-order valence-corrected chi connectivity index (χ4v) is 1.35. The van der Waals surface area contributed by atoms with Gasteiger partial charge >= 0.3 is 29.0 Å². The van der Waals surface area contributed by atoms with Gasteiger partial charge in [-0.15, -0.1) is 0 Å². The second-order valence-electron chi connectivity index (χ2n) is 5.49. The Kier molecular flexibility index (Phi) is 15.6. The van der Waals surface area contributed by atoms with E-state index >= 15 is 0 Å². The van der Waals surface area contributed by atoms with Crippen LogP contribution in [0.15, 0.2) is 12.2 Å². The van der Waals surface area contributed by atoms with Gasteiger partial charge < -0.3 is 38.9 Å². The topological polar surface area (TPSA) is 147 Å². The predicted molar refractivity (Wildman–Crippen MR) is 77.6 cm³/mol. The molecule has 0 saturated carbocycles. The first-order chi connectivity index (χ1) is 10.4. The van der Waals surface area contributed by atoms with Crippen LogP contribution >= 0.6 is 0 Å². The van der Waals surface area contributed by atoms with Crippen molar-refractivity contribution in [1.82, 2.24) is 0 Å². The summed E-state index contributed by atoms with van der Waals surface area (Å²) in [6.45, 7) is 2.13. The normalized spacial score (nSPS) is 11.5. The van der Waals surface area contributed by atoms with E-state index in [9.17, 15) is 34.5 Å². The maximum Gasteiger partial charge on any atom is 2.00 e. The molecule has 0 spiro atoms. The van der Waals surface area contributed by atoms with Gasteiger partial charge in [0, 0.05) is 18.8 Å². The average Bonchev–Trinajstić information content (AvgIpc) is 2.34. The Balaban J connectivity index is -0.000000419. The predicted octanol–water partition coefficient (Wildman–Crippen LogP) is -4.18. The molecular formula is C14H21MgNO8. The Morgan fingerprint density at radius 1 is 1.00 bits per heavy atom. The van der Waals surface area contributed by atoms with Crippen LogP contribution < -0.4 is 15.3 Å². The molecule has 24 heavy (non-hydrogen) atoms. The van der Waals surface area contributed by atoms with Crippen molar-refractivity contribution in [2.75, 3.05) is 27.7 Å². The molecule has 0 aliphatic carbocycles. The number of hydrogen-bond acceptors (Lipinski definition) is 8. The van der Waals surface area contributed by atoms with Crippen molar-refractivity contribution in [2.45, 2.75) is 25.9 Å². The Labute approximate surface area is 156 Å². The van der Waals surface area contributed by atoms with E-state index in [0.717, 1.165) is 0 Å². The number of carboxylic acids is 3. The van der Waals surface area contributed by atoms with Gasteiger partial charge in [0.25, 0.3) is 0 Å². The van der Waals surface area contributed by atoms with E-state index in [-0.39, 0.29) is 41.9 Å². The molecule has 0 aliphatic heterocycles. The monoisotopic (exact) mass is 355 g/mol. The van der Waals surface area contributed by atoms with Crippen LogP contribution in [0.4, 0.5) is 0 Å². The van der Waals surface area contributed by atoms with Gasteiger partial charge in [-0.2, -0.15) is 0 Å². The minimum absolute atomic E-state index is 0. The SMILES string of the molecule is CCC(=O)O[C@H](CC(=O)[O-])C[N+](C)(C)C.O=C([O-])C=CC(=O)[O-].[Mg+2]. The molecule has 0 aromatic carbocycles. The molecule has 0 rings (SSSR count). The molecule has 10 heteroatoms. The summed E-state index contributed by atoms with van der Waals surface area (Å²) in [6, 6.07) is 0. The van der Waals surface area contributed by atoms with Gasteiger partial charge in [0.05, 0.1) is 33.1 Å². The summed E-state index contributed by atoms with van der Waals surface area (Å²) in [5.74, 6) is -4.67. The van der Waals surface area contributed by atoms with E-state index in [2.05, 4.69) is 0 Å². The molecular weight excluding hydrogens is 334 g/mol. The number of quaternary nitrogens is 1. The van der Waals surface area contributed by atoms with Crippen LogP contribution in [0.1, 0.15) is 19.8 Å². The molecule has 0 fully saturated rings. The summed E-state index contributed by atoms with van der Waals surface area (Å²) in [5, 5.41) is 29.3. The van der Waals surface area contributed by atoms with Crippen LogP contribution in [0.5, 0.6) is 0 Å². The third-order valence-corrected chi connectivity index (χ3v) is 2.09. The number of ether oxygens (including phenoxy) is 1. The first-order valence-corrected chi connectivity index (χ1v) is 6.67. The molecule has 0 aromatic rings. The summed E-state index contributed by atoms with van der Waals surface area (Å²) in [6.07, 6.45) is 0.162. The first-order valence-electron chi connectivity index (χ1n) is 6.67. The number of carbonyl (C=O) groups excluding carboxylic acids is 4. The van der Waals surface area contributed by atoms with Crippen LogP contribution in [0, 0.1) is 0 Å². The minimum atomic E-state index is -1.55. The van der Waals surface area contributed by atoms with E-state index in [1.54, 1.807) is 6.92 Å². The second kappa shape index (κ2) is 13.8. The number of rotatable bonds is 8. The molecule has 1 atom stereocenters. The summed E-state index contributed by atoms with van der Waals surface area (Å²) in [5.41, 5.74) is 0. The number of esters is 1. The average molecular weight is 356 g/mol. The van der Waals surface area contributed by atoms with E-state index < -0.39 is 24.0 Å². The van der Waals surface area contributed by atoms with Crippen molar-refractivity contribution in [3.8, 4) is 0 Å². The molecule has 0 amide bonds. The van der Waals surface area contributed by atoms with Crippen molar-refractivity contribution >= 4 is 46.9 Å². The molecule has 0 unspecified atom stereocenters. The molecule has 0 aromatic heterocycles. The number of hydrogen-bond donors (Lipinski definition) is 0. The molecule has 0 bridgehead atoms. The van der Waals surface area contributed by atoms with Gasteiger partial charge in [-0.05, 0) is 12.2 Å². The van der Waals surface area contributed by atoms with Gasteiger partial charge in [-0.1, -0.05) is 6.92 Å². The fraction of sp³-hybridized carbons (Fsp3) is 0.571. The fourth-order valence-electron chi connectivity index (χ4n) is 1.35. The van der Waals surface area contributed by atoms with E-state index in [1.165, 1.54) is 0 Å². The quantitative estimate of drug-likeness (QED) is 0.184. The molecule has 0 heterocycles. The number of likely N-dealkylation sites (N-methyl/N-ethyl adjacent to an activating group) is 1. The van der Waals surface area contributed by atoms with Crippen LogP contribution in [-0.2, 0) is 23.9 Å². The Morgan fingerprint density at radius 3 is 1.67 bits per heavy atom. The van der Waals surface area contributed by atoms with Gasteiger partial charge in [-0.3, -0.25) is 4.79 Å². The number of carbonyl (C=O) groups is 4. The summed E-state index contributed by atoms with van der Waals surface area (Å²) in [7, 11) is 5.71. The minimum Gasteiger partial charge on any atom is -0.550 e. The zero-order valence-electron chi connectivity index (χ0n) is 14.3. The molecule has 0 aliphatic rings. The summed E-state index contributed by atoms with van der Waals surface area (Å²) >= 11 is 0. The zero-order valence-corrected chi connectivity index (χ0v) is 15.7. The largest absolute Gasteiger partial charge is 2.00 e. The van der Waals surface area contributed by atoms with E-state index in [1.807, 2.05) is 21.1 Å². The number of carboxylic acid groups (broad SMARTS) is 3. The molecule has 0 saturated heterocycles. The van der Waals surface area contributed by atoms with Gasteiger partial charge in [0.1, 0.15) is 6.54 Å². The van der Waals surface area contributed by atoms with Gasteiger partial charge in [0.2, 0.25) is 0 Å². The first kappa shape index (κ1) is 27.2. The zero-order chi connectivity index (χ0) is 18.6. The number of aliphatic carboxylic acids is 3. The van der Waals surface area contributed by atoms with Crippen molar-refractivity contribution in [1.29, 1.82) is 0 Å².